The summed E-state index contributed by atoms with van der Waals surface area (Å²) in [6.07, 6.45) is 4.93. The molecule has 0 unspecified atom stereocenters. The second-order valence-electron chi connectivity index (χ2n) is 10.9. The molecule has 0 bridgehead atoms. The van der Waals surface area contributed by atoms with Gasteiger partial charge in [-0.15, -0.1) is 0 Å². The Labute approximate surface area is 219 Å². The largest absolute Gasteiger partial charge is 0.458 e. The standard InChI is InChI=1S/C28H31FO9/c1-6-24(35)38-28(22(34)14-36-15(2)30)23(37-16(3)31)12-20-19-8-7-17-11-18(32)9-10-25(17,4)27(19,29)21(33)13-26(20,28)5/h7-11,19-20,23H,6,12-14H2,1-5H3/t19-,20-,23+,25-,26-,27-,28-/m0/s1. The van der Waals surface area contributed by atoms with E-state index in [9.17, 15) is 28.8 Å². The van der Waals surface area contributed by atoms with E-state index < -0.39 is 82.5 Å². The van der Waals surface area contributed by atoms with Crippen LogP contribution in [-0.4, -0.2) is 59.2 Å². The molecule has 0 aliphatic heterocycles. The molecule has 0 aromatic heterocycles. The summed E-state index contributed by atoms with van der Waals surface area (Å²) in [7, 11) is 0. The topological polar surface area (TPSA) is 130 Å². The number of ketones is 3. The molecule has 2 fully saturated rings. The zero-order valence-electron chi connectivity index (χ0n) is 22.0. The van der Waals surface area contributed by atoms with Crippen molar-refractivity contribution >= 4 is 35.3 Å². The molecule has 10 heteroatoms. The maximum atomic E-state index is 17.3. The molecule has 4 aliphatic carbocycles. The van der Waals surface area contributed by atoms with Gasteiger partial charge < -0.3 is 14.2 Å². The maximum Gasteiger partial charge on any atom is 0.306 e. The number of Topliss-reactive ketones (excluding diaryl/α,β-unsaturated/α-hetero) is 2. The van der Waals surface area contributed by atoms with Gasteiger partial charge in [0.1, 0.15) is 6.10 Å². The predicted octanol–water partition coefficient (Wildman–Crippen LogP) is 2.71. The number of esters is 3. The van der Waals surface area contributed by atoms with Crippen molar-refractivity contribution in [3.8, 4) is 0 Å². The summed E-state index contributed by atoms with van der Waals surface area (Å²) < 4.78 is 33.6. The predicted molar refractivity (Wildman–Crippen MR) is 129 cm³/mol. The van der Waals surface area contributed by atoms with Crippen LogP contribution in [0.3, 0.4) is 0 Å². The van der Waals surface area contributed by atoms with Gasteiger partial charge in [-0.2, -0.15) is 0 Å². The van der Waals surface area contributed by atoms with Crippen LogP contribution in [0.15, 0.2) is 36.0 Å². The Hall–Kier alpha value is -3.43. The molecular formula is C28H31FO9. The van der Waals surface area contributed by atoms with Gasteiger partial charge in [-0.3, -0.25) is 28.8 Å². The van der Waals surface area contributed by atoms with E-state index in [1.54, 1.807) is 19.9 Å². The monoisotopic (exact) mass is 530 g/mol. The first-order valence-corrected chi connectivity index (χ1v) is 12.6. The molecule has 7 atom stereocenters. The highest BCUT2D eigenvalue weighted by molar-refractivity contribution is 6.03. The summed E-state index contributed by atoms with van der Waals surface area (Å²) in [5, 5.41) is 0. The van der Waals surface area contributed by atoms with E-state index in [0.29, 0.717) is 5.57 Å². The van der Waals surface area contributed by atoms with Gasteiger partial charge in [0.2, 0.25) is 11.4 Å². The van der Waals surface area contributed by atoms with Crippen LogP contribution in [0.4, 0.5) is 4.39 Å². The van der Waals surface area contributed by atoms with Gasteiger partial charge in [0, 0.05) is 38.0 Å². The highest BCUT2D eigenvalue weighted by Gasteiger charge is 2.78. The minimum Gasteiger partial charge on any atom is -0.458 e. The Morgan fingerprint density at radius 3 is 2.37 bits per heavy atom. The van der Waals surface area contributed by atoms with E-state index in [4.69, 9.17) is 14.2 Å². The van der Waals surface area contributed by atoms with Crippen LogP contribution in [0.25, 0.3) is 0 Å². The molecule has 0 radical (unpaired) electrons. The first-order chi connectivity index (χ1) is 17.7. The molecule has 0 heterocycles. The lowest BCUT2D eigenvalue weighted by Gasteiger charge is -2.57. The Morgan fingerprint density at radius 2 is 1.76 bits per heavy atom. The Morgan fingerprint density at radius 1 is 1.08 bits per heavy atom. The fourth-order valence-corrected chi connectivity index (χ4v) is 6.98. The summed E-state index contributed by atoms with van der Waals surface area (Å²) >= 11 is 0. The second kappa shape index (κ2) is 9.10. The highest BCUT2D eigenvalue weighted by atomic mass is 19.1. The van der Waals surface area contributed by atoms with Crippen LogP contribution in [0.5, 0.6) is 0 Å². The number of hydrogen-bond donors (Lipinski definition) is 0. The fraction of sp³-hybridized carbons (Fsp3) is 0.571. The van der Waals surface area contributed by atoms with Gasteiger partial charge in [0.15, 0.2) is 23.8 Å². The number of ether oxygens (including phenoxy) is 3. The van der Waals surface area contributed by atoms with Crippen molar-refractivity contribution in [2.75, 3.05) is 6.61 Å². The lowest BCUT2D eigenvalue weighted by Crippen LogP contribution is -2.69. The van der Waals surface area contributed by atoms with E-state index >= 15 is 4.39 Å². The van der Waals surface area contributed by atoms with E-state index in [2.05, 4.69) is 0 Å². The number of carbonyl (C=O) groups is 6. The number of fused-ring (bicyclic) bond motifs is 5. The third-order valence-corrected chi connectivity index (χ3v) is 8.82. The minimum absolute atomic E-state index is 0.0926. The molecule has 4 aliphatic rings. The summed E-state index contributed by atoms with van der Waals surface area (Å²) in [5.74, 6) is -6.25. The summed E-state index contributed by atoms with van der Waals surface area (Å²) in [6, 6.07) is 0. The number of halogens is 1. The van der Waals surface area contributed by atoms with Crippen LogP contribution in [0.2, 0.25) is 0 Å². The SMILES string of the molecule is CCC(=O)O[C@@]1(C(=O)COC(C)=O)[C@H](OC(C)=O)C[C@H]2[C@@H]3C=CC4=CC(=O)C=C[C@]4(C)[C@@]3(F)C(=O)C[C@@]21C. The zero-order chi connectivity index (χ0) is 28.3. The van der Waals surface area contributed by atoms with Crippen molar-refractivity contribution in [2.24, 2.45) is 22.7 Å². The third-order valence-electron chi connectivity index (χ3n) is 8.82. The summed E-state index contributed by atoms with van der Waals surface area (Å²) in [4.78, 5) is 76.1. The average molecular weight is 531 g/mol. The van der Waals surface area contributed by atoms with E-state index in [1.165, 1.54) is 31.2 Å². The quantitative estimate of drug-likeness (QED) is 0.376. The van der Waals surface area contributed by atoms with Crippen molar-refractivity contribution in [2.45, 2.75) is 71.3 Å². The molecule has 0 spiro atoms. The first kappa shape index (κ1) is 27.6. The van der Waals surface area contributed by atoms with Crippen molar-refractivity contribution in [3.05, 3.63) is 36.0 Å². The van der Waals surface area contributed by atoms with Gasteiger partial charge in [-0.05, 0) is 37.0 Å². The van der Waals surface area contributed by atoms with Gasteiger partial charge >= 0.3 is 17.9 Å². The normalized spacial score (nSPS) is 38.9. The number of alkyl halides is 1. The lowest BCUT2D eigenvalue weighted by atomic mass is 9.46. The van der Waals surface area contributed by atoms with Gasteiger partial charge in [0.05, 0.1) is 5.41 Å². The molecule has 9 nitrogen and oxygen atoms in total. The van der Waals surface area contributed by atoms with Crippen molar-refractivity contribution < 1.29 is 47.4 Å². The summed E-state index contributed by atoms with van der Waals surface area (Å²) in [5.41, 5.74) is -7.30. The van der Waals surface area contributed by atoms with Gasteiger partial charge in [-0.25, -0.2) is 4.39 Å². The molecule has 2 saturated carbocycles. The number of rotatable bonds is 6. The molecule has 204 valence electrons. The molecule has 0 aromatic rings. The maximum absolute atomic E-state index is 17.3. The van der Waals surface area contributed by atoms with E-state index in [1.807, 2.05) is 0 Å². The van der Waals surface area contributed by atoms with Crippen molar-refractivity contribution in [1.82, 2.24) is 0 Å². The Kier molecular flexibility index (Phi) is 6.61. The number of carbonyl (C=O) groups excluding carboxylic acids is 6. The zero-order valence-corrected chi connectivity index (χ0v) is 22.0. The first-order valence-electron chi connectivity index (χ1n) is 12.6. The van der Waals surface area contributed by atoms with Crippen molar-refractivity contribution in [3.63, 3.8) is 0 Å². The minimum atomic E-state index is -2.49. The number of hydrogen-bond acceptors (Lipinski definition) is 9. The van der Waals surface area contributed by atoms with Crippen LogP contribution in [0, 0.1) is 22.7 Å². The van der Waals surface area contributed by atoms with Crippen molar-refractivity contribution in [1.29, 1.82) is 0 Å². The van der Waals surface area contributed by atoms with E-state index in [0.717, 1.165) is 13.8 Å². The van der Waals surface area contributed by atoms with Gasteiger partial charge in [0.25, 0.3) is 0 Å². The van der Waals surface area contributed by atoms with Crippen LogP contribution in [-0.2, 0) is 43.0 Å². The smallest absolute Gasteiger partial charge is 0.306 e. The molecule has 0 saturated heterocycles. The second-order valence-corrected chi connectivity index (χ2v) is 10.9. The third kappa shape index (κ3) is 3.63. The molecule has 38 heavy (non-hydrogen) atoms. The molecule has 4 rings (SSSR count). The van der Waals surface area contributed by atoms with Crippen LogP contribution >= 0.6 is 0 Å². The Balaban J connectivity index is 1.93. The molecule has 0 amide bonds. The lowest BCUT2D eigenvalue weighted by molar-refractivity contribution is -0.210. The van der Waals surface area contributed by atoms with Crippen LogP contribution in [0.1, 0.15) is 53.9 Å². The highest BCUT2D eigenvalue weighted by Crippen LogP contribution is 2.68. The molecule has 0 N–H and O–H groups in total. The van der Waals surface area contributed by atoms with E-state index in [-0.39, 0.29) is 18.6 Å². The van der Waals surface area contributed by atoms with Gasteiger partial charge in [-0.1, -0.05) is 32.1 Å². The molecule has 0 aromatic carbocycles. The molecular weight excluding hydrogens is 499 g/mol. The Bertz CT molecular complexity index is 1230. The average Bonchev–Trinajstić information content (AvgIpc) is 3.06. The van der Waals surface area contributed by atoms with Crippen LogP contribution < -0.4 is 0 Å². The number of allylic oxidation sites excluding steroid dienone is 6. The fourth-order valence-electron chi connectivity index (χ4n) is 6.98. The summed E-state index contributed by atoms with van der Waals surface area (Å²) in [6.45, 7) is 6.04.